The highest BCUT2D eigenvalue weighted by Gasteiger charge is 2.33. The van der Waals surface area contributed by atoms with E-state index in [4.69, 9.17) is 4.74 Å². The molecule has 80 valence electrons. The standard InChI is InChI=1S/C11H19NO2/c1-5-14-10(13)7-9-6-8(2)11(3,4)12-9/h7-8,12H,5-6H2,1-4H3/b9-7+. The molecule has 0 amide bonds. The van der Waals surface area contributed by atoms with Gasteiger partial charge in [0.05, 0.1) is 6.61 Å². The number of ether oxygens (including phenoxy) is 1. The Labute approximate surface area is 85.5 Å². The third-order valence-electron chi connectivity index (χ3n) is 2.82. The first-order valence-electron chi connectivity index (χ1n) is 5.11. The quantitative estimate of drug-likeness (QED) is 0.542. The number of allylic oxidation sites excluding steroid dienone is 1. The Kier molecular flexibility index (Phi) is 3.19. The summed E-state index contributed by atoms with van der Waals surface area (Å²) in [5.41, 5.74) is 1.07. The van der Waals surface area contributed by atoms with E-state index in [1.165, 1.54) is 0 Å². The van der Waals surface area contributed by atoms with Gasteiger partial charge in [0, 0.05) is 17.3 Å². The Morgan fingerprint density at radius 3 is 2.79 bits per heavy atom. The van der Waals surface area contributed by atoms with Gasteiger partial charge in [-0.25, -0.2) is 4.79 Å². The van der Waals surface area contributed by atoms with Gasteiger partial charge >= 0.3 is 5.97 Å². The number of rotatable bonds is 2. The van der Waals surface area contributed by atoms with Crippen molar-refractivity contribution in [2.75, 3.05) is 6.61 Å². The molecule has 0 aromatic carbocycles. The van der Waals surface area contributed by atoms with Gasteiger partial charge in [-0.05, 0) is 33.1 Å². The van der Waals surface area contributed by atoms with E-state index in [-0.39, 0.29) is 11.5 Å². The zero-order valence-electron chi connectivity index (χ0n) is 9.39. The predicted molar refractivity (Wildman–Crippen MR) is 55.7 cm³/mol. The number of carbonyl (C=O) groups excluding carboxylic acids is 1. The molecule has 0 aromatic heterocycles. The smallest absolute Gasteiger partial charge is 0.332 e. The average Bonchev–Trinajstić information content (AvgIpc) is 2.25. The van der Waals surface area contributed by atoms with Crippen LogP contribution in [0, 0.1) is 5.92 Å². The van der Waals surface area contributed by atoms with Gasteiger partial charge in [0.1, 0.15) is 0 Å². The fourth-order valence-electron chi connectivity index (χ4n) is 1.59. The normalized spacial score (nSPS) is 27.4. The van der Waals surface area contributed by atoms with Crippen LogP contribution in [-0.2, 0) is 9.53 Å². The van der Waals surface area contributed by atoms with Gasteiger partial charge in [-0.3, -0.25) is 0 Å². The Morgan fingerprint density at radius 2 is 2.36 bits per heavy atom. The zero-order valence-corrected chi connectivity index (χ0v) is 9.39. The lowest BCUT2D eigenvalue weighted by atomic mass is 9.91. The first-order valence-corrected chi connectivity index (χ1v) is 5.11. The minimum absolute atomic E-state index is 0.0817. The molecule has 1 saturated heterocycles. The number of hydrogen-bond acceptors (Lipinski definition) is 3. The largest absolute Gasteiger partial charge is 0.463 e. The third-order valence-corrected chi connectivity index (χ3v) is 2.82. The molecule has 0 radical (unpaired) electrons. The molecule has 14 heavy (non-hydrogen) atoms. The Bertz CT molecular complexity index is 256. The maximum Gasteiger partial charge on any atom is 0.332 e. The van der Waals surface area contributed by atoms with Crippen LogP contribution in [0.3, 0.4) is 0 Å². The first kappa shape index (κ1) is 11.1. The molecule has 1 fully saturated rings. The van der Waals surface area contributed by atoms with Crippen molar-refractivity contribution >= 4 is 5.97 Å². The summed E-state index contributed by atoms with van der Waals surface area (Å²) in [7, 11) is 0. The van der Waals surface area contributed by atoms with E-state index in [9.17, 15) is 4.79 Å². The van der Waals surface area contributed by atoms with E-state index in [2.05, 4.69) is 26.1 Å². The van der Waals surface area contributed by atoms with E-state index >= 15 is 0 Å². The summed E-state index contributed by atoms with van der Waals surface area (Å²) >= 11 is 0. The molecule has 1 heterocycles. The molecule has 1 N–H and O–H groups in total. The minimum Gasteiger partial charge on any atom is -0.463 e. The van der Waals surface area contributed by atoms with Gasteiger partial charge in [-0.1, -0.05) is 6.92 Å². The molecule has 1 atom stereocenters. The van der Waals surface area contributed by atoms with Crippen LogP contribution >= 0.6 is 0 Å². The Morgan fingerprint density at radius 1 is 1.71 bits per heavy atom. The summed E-state index contributed by atoms with van der Waals surface area (Å²) in [6.45, 7) is 8.71. The lowest BCUT2D eigenvalue weighted by molar-refractivity contribution is -0.137. The summed E-state index contributed by atoms with van der Waals surface area (Å²) in [4.78, 5) is 11.2. The molecule has 1 aliphatic heterocycles. The van der Waals surface area contributed by atoms with E-state index in [1.54, 1.807) is 6.08 Å². The molecule has 1 rings (SSSR count). The van der Waals surface area contributed by atoms with Crippen LogP contribution in [-0.4, -0.2) is 18.1 Å². The summed E-state index contributed by atoms with van der Waals surface area (Å²) in [5, 5.41) is 3.33. The Balaban J connectivity index is 2.61. The highest BCUT2D eigenvalue weighted by molar-refractivity contribution is 5.82. The molecule has 1 aliphatic rings. The van der Waals surface area contributed by atoms with Crippen molar-refractivity contribution < 1.29 is 9.53 Å². The van der Waals surface area contributed by atoms with Crippen molar-refractivity contribution in [1.82, 2.24) is 5.32 Å². The summed E-state index contributed by atoms with van der Waals surface area (Å²) in [6, 6.07) is 0. The molecule has 0 spiro atoms. The van der Waals surface area contributed by atoms with E-state index < -0.39 is 0 Å². The van der Waals surface area contributed by atoms with Crippen LogP contribution in [0.1, 0.15) is 34.1 Å². The first-order chi connectivity index (χ1) is 6.45. The highest BCUT2D eigenvalue weighted by atomic mass is 16.5. The van der Waals surface area contributed by atoms with Crippen LogP contribution in [0.2, 0.25) is 0 Å². The summed E-state index contributed by atoms with van der Waals surface area (Å²) < 4.78 is 4.85. The lowest BCUT2D eigenvalue weighted by Crippen LogP contribution is -2.36. The number of nitrogens with one attached hydrogen (secondary N) is 1. The van der Waals surface area contributed by atoms with Gasteiger partial charge in [0.25, 0.3) is 0 Å². The molecular formula is C11H19NO2. The van der Waals surface area contributed by atoms with Crippen molar-refractivity contribution in [2.24, 2.45) is 5.92 Å². The van der Waals surface area contributed by atoms with Crippen LogP contribution in [0.15, 0.2) is 11.8 Å². The van der Waals surface area contributed by atoms with Crippen molar-refractivity contribution in [1.29, 1.82) is 0 Å². The predicted octanol–water partition coefficient (Wildman–Crippen LogP) is 1.84. The molecule has 0 aliphatic carbocycles. The van der Waals surface area contributed by atoms with E-state index in [1.807, 2.05) is 6.92 Å². The summed E-state index contributed by atoms with van der Waals surface area (Å²) in [6.07, 6.45) is 2.49. The second kappa shape index (κ2) is 4.03. The van der Waals surface area contributed by atoms with Crippen LogP contribution < -0.4 is 5.32 Å². The molecule has 3 nitrogen and oxygen atoms in total. The molecule has 0 bridgehead atoms. The fourth-order valence-corrected chi connectivity index (χ4v) is 1.59. The van der Waals surface area contributed by atoms with Crippen molar-refractivity contribution in [3.8, 4) is 0 Å². The van der Waals surface area contributed by atoms with Gasteiger partial charge < -0.3 is 10.1 Å². The molecule has 1 unspecified atom stereocenters. The maximum atomic E-state index is 11.2. The van der Waals surface area contributed by atoms with Crippen molar-refractivity contribution in [2.45, 2.75) is 39.7 Å². The molecule has 0 saturated carbocycles. The van der Waals surface area contributed by atoms with Crippen LogP contribution in [0.25, 0.3) is 0 Å². The topological polar surface area (TPSA) is 38.3 Å². The molecule has 0 aromatic rings. The van der Waals surface area contributed by atoms with Crippen molar-refractivity contribution in [3.63, 3.8) is 0 Å². The second-order valence-electron chi connectivity index (χ2n) is 4.37. The van der Waals surface area contributed by atoms with Gasteiger partial charge in [0.2, 0.25) is 0 Å². The third kappa shape index (κ3) is 2.50. The van der Waals surface area contributed by atoms with E-state index in [0.29, 0.717) is 12.5 Å². The molecule has 3 heteroatoms. The van der Waals surface area contributed by atoms with Gasteiger partial charge in [-0.2, -0.15) is 0 Å². The van der Waals surface area contributed by atoms with E-state index in [0.717, 1.165) is 12.1 Å². The van der Waals surface area contributed by atoms with Gasteiger partial charge in [-0.15, -0.1) is 0 Å². The number of hydrogen-bond donors (Lipinski definition) is 1. The van der Waals surface area contributed by atoms with Crippen LogP contribution in [0.5, 0.6) is 0 Å². The second-order valence-corrected chi connectivity index (χ2v) is 4.37. The lowest BCUT2D eigenvalue weighted by Gasteiger charge is -2.23. The average molecular weight is 197 g/mol. The highest BCUT2D eigenvalue weighted by Crippen LogP contribution is 2.30. The summed E-state index contributed by atoms with van der Waals surface area (Å²) in [5.74, 6) is 0.295. The number of esters is 1. The fraction of sp³-hybridized carbons (Fsp3) is 0.727. The SMILES string of the molecule is CCOC(=O)/C=C1\CC(C)C(C)(C)N1. The minimum atomic E-state index is -0.250. The monoisotopic (exact) mass is 197 g/mol. The number of carbonyl (C=O) groups is 1. The van der Waals surface area contributed by atoms with Crippen molar-refractivity contribution in [3.05, 3.63) is 11.8 Å². The Hall–Kier alpha value is -0.990. The zero-order chi connectivity index (χ0) is 10.8. The van der Waals surface area contributed by atoms with Gasteiger partial charge in [0.15, 0.2) is 0 Å². The van der Waals surface area contributed by atoms with Crippen LogP contribution in [0.4, 0.5) is 0 Å². The molecular weight excluding hydrogens is 178 g/mol. The maximum absolute atomic E-state index is 11.2.